The number of ether oxygens (including phenoxy) is 1. The lowest BCUT2D eigenvalue weighted by molar-refractivity contribution is -0.385. The van der Waals surface area contributed by atoms with Crippen LogP contribution in [0.5, 0.6) is 5.75 Å². The van der Waals surface area contributed by atoms with Crippen molar-refractivity contribution in [3.05, 3.63) is 62.7 Å². The fraction of sp³-hybridized carbons (Fsp3) is 0.188. The van der Waals surface area contributed by atoms with Gasteiger partial charge in [0.15, 0.2) is 5.75 Å². The summed E-state index contributed by atoms with van der Waals surface area (Å²) < 4.78 is 44.3. The highest BCUT2D eigenvalue weighted by Gasteiger charge is 2.34. The third kappa shape index (κ3) is 4.42. The van der Waals surface area contributed by atoms with E-state index < -0.39 is 33.9 Å². The van der Waals surface area contributed by atoms with Gasteiger partial charge in [-0.25, -0.2) is 0 Å². The third-order valence-corrected chi connectivity index (χ3v) is 3.49. The minimum absolute atomic E-state index is 0.0449. The SMILES string of the molecule is CCOc1ccc(C(=O)Nc2ccc(Cl)cc2C(F)(F)F)cc1[N+](=O)[O-]. The standard InChI is InChI=1S/C16H12ClF3N2O4/c1-2-26-14-6-3-9(7-13(14)22(24)25)15(23)21-12-5-4-10(17)8-11(12)16(18,19)20/h3-8H,2H2,1H3,(H,21,23). The molecule has 2 aromatic rings. The predicted molar refractivity (Wildman–Crippen MR) is 88.7 cm³/mol. The van der Waals surface area contributed by atoms with Crippen LogP contribution in [-0.4, -0.2) is 17.4 Å². The van der Waals surface area contributed by atoms with Crippen LogP contribution >= 0.6 is 11.6 Å². The molecule has 26 heavy (non-hydrogen) atoms. The second-order valence-corrected chi connectivity index (χ2v) is 5.45. The van der Waals surface area contributed by atoms with E-state index in [2.05, 4.69) is 5.32 Å². The van der Waals surface area contributed by atoms with Crippen molar-refractivity contribution < 1.29 is 27.6 Å². The van der Waals surface area contributed by atoms with Crippen molar-refractivity contribution in [1.82, 2.24) is 0 Å². The molecule has 10 heteroatoms. The van der Waals surface area contributed by atoms with Crippen LogP contribution in [0.2, 0.25) is 5.02 Å². The number of hydrogen-bond acceptors (Lipinski definition) is 4. The molecule has 0 saturated carbocycles. The Morgan fingerprint density at radius 3 is 2.54 bits per heavy atom. The zero-order valence-electron chi connectivity index (χ0n) is 13.3. The highest BCUT2D eigenvalue weighted by Crippen LogP contribution is 2.37. The summed E-state index contributed by atoms with van der Waals surface area (Å²) in [7, 11) is 0. The number of nitrogens with one attached hydrogen (secondary N) is 1. The van der Waals surface area contributed by atoms with Crippen molar-refractivity contribution in [3.8, 4) is 5.75 Å². The van der Waals surface area contributed by atoms with Gasteiger partial charge in [0.25, 0.3) is 5.91 Å². The van der Waals surface area contributed by atoms with Gasteiger partial charge in [-0.05, 0) is 37.3 Å². The summed E-state index contributed by atoms with van der Waals surface area (Å²) in [6, 6.07) is 6.24. The van der Waals surface area contributed by atoms with Gasteiger partial charge in [-0.2, -0.15) is 13.2 Å². The van der Waals surface area contributed by atoms with Crippen molar-refractivity contribution in [2.24, 2.45) is 0 Å². The highest BCUT2D eigenvalue weighted by molar-refractivity contribution is 6.30. The zero-order chi connectivity index (χ0) is 19.5. The fourth-order valence-corrected chi connectivity index (χ4v) is 2.31. The molecule has 0 bridgehead atoms. The monoisotopic (exact) mass is 388 g/mol. The number of carbonyl (C=O) groups is 1. The van der Waals surface area contributed by atoms with Gasteiger partial charge in [0.2, 0.25) is 0 Å². The maximum atomic E-state index is 13.1. The number of alkyl halides is 3. The Morgan fingerprint density at radius 1 is 1.27 bits per heavy atom. The predicted octanol–water partition coefficient (Wildman–Crippen LogP) is 4.92. The molecule has 0 unspecified atom stereocenters. The third-order valence-electron chi connectivity index (χ3n) is 3.25. The van der Waals surface area contributed by atoms with E-state index in [4.69, 9.17) is 16.3 Å². The molecule has 1 amide bonds. The maximum absolute atomic E-state index is 13.1. The second-order valence-electron chi connectivity index (χ2n) is 5.01. The van der Waals surface area contributed by atoms with Gasteiger partial charge >= 0.3 is 11.9 Å². The summed E-state index contributed by atoms with van der Waals surface area (Å²) >= 11 is 5.58. The van der Waals surface area contributed by atoms with E-state index in [0.29, 0.717) is 6.07 Å². The zero-order valence-corrected chi connectivity index (χ0v) is 14.0. The summed E-state index contributed by atoms with van der Waals surface area (Å²) in [5, 5.41) is 13.0. The molecule has 0 aromatic heterocycles. The van der Waals surface area contributed by atoms with Crippen molar-refractivity contribution in [1.29, 1.82) is 0 Å². The Morgan fingerprint density at radius 2 is 1.96 bits per heavy atom. The number of nitro groups is 1. The summed E-state index contributed by atoms with van der Waals surface area (Å²) in [6.07, 6.45) is -4.74. The van der Waals surface area contributed by atoms with Crippen molar-refractivity contribution in [2.75, 3.05) is 11.9 Å². The first-order valence-electron chi connectivity index (χ1n) is 7.22. The lowest BCUT2D eigenvalue weighted by atomic mass is 10.1. The molecule has 138 valence electrons. The van der Waals surface area contributed by atoms with Crippen LogP contribution in [-0.2, 0) is 6.18 Å². The van der Waals surface area contributed by atoms with Crippen LogP contribution in [0.25, 0.3) is 0 Å². The summed E-state index contributed by atoms with van der Waals surface area (Å²) in [6.45, 7) is 1.80. The highest BCUT2D eigenvalue weighted by atomic mass is 35.5. The first-order chi connectivity index (χ1) is 12.1. The number of benzene rings is 2. The fourth-order valence-electron chi connectivity index (χ4n) is 2.13. The van der Waals surface area contributed by atoms with Crippen LogP contribution < -0.4 is 10.1 Å². The molecule has 0 spiro atoms. The molecule has 0 aliphatic heterocycles. The number of carbonyl (C=O) groups excluding carboxylic acids is 1. The number of hydrogen-bond donors (Lipinski definition) is 1. The molecule has 0 fully saturated rings. The molecule has 1 N–H and O–H groups in total. The molecule has 0 radical (unpaired) electrons. The van der Waals surface area contributed by atoms with Crippen molar-refractivity contribution in [3.63, 3.8) is 0 Å². The van der Waals surface area contributed by atoms with Gasteiger partial charge in [0, 0.05) is 16.7 Å². The quantitative estimate of drug-likeness (QED) is 0.582. The summed E-state index contributed by atoms with van der Waals surface area (Å²) in [5.41, 5.74) is -2.29. The average molecular weight is 389 g/mol. The number of anilines is 1. The van der Waals surface area contributed by atoms with Gasteiger partial charge in [-0.15, -0.1) is 0 Å². The van der Waals surface area contributed by atoms with Crippen LogP contribution in [0, 0.1) is 10.1 Å². The number of amides is 1. The molecular formula is C16H12ClF3N2O4. The summed E-state index contributed by atoms with van der Waals surface area (Å²) in [4.78, 5) is 22.6. The van der Waals surface area contributed by atoms with Crippen molar-refractivity contribution >= 4 is 28.9 Å². The minimum Gasteiger partial charge on any atom is -0.487 e. The molecule has 2 aromatic carbocycles. The second kappa shape index (κ2) is 7.61. The van der Waals surface area contributed by atoms with E-state index in [1.165, 1.54) is 18.2 Å². The molecule has 0 aliphatic rings. The van der Waals surface area contributed by atoms with E-state index >= 15 is 0 Å². The Hall–Kier alpha value is -2.81. The van der Waals surface area contributed by atoms with Gasteiger partial charge in [-0.1, -0.05) is 11.6 Å². The number of rotatable bonds is 5. The molecule has 0 saturated heterocycles. The van der Waals surface area contributed by atoms with Gasteiger partial charge in [-0.3, -0.25) is 14.9 Å². The Labute approximate surface area is 150 Å². The first kappa shape index (κ1) is 19.5. The Bertz CT molecular complexity index is 856. The maximum Gasteiger partial charge on any atom is 0.418 e. The van der Waals surface area contributed by atoms with E-state index in [1.54, 1.807) is 6.92 Å². The molecule has 2 rings (SSSR count). The minimum atomic E-state index is -4.74. The average Bonchev–Trinajstić information content (AvgIpc) is 2.56. The van der Waals surface area contributed by atoms with E-state index in [-0.39, 0.29) is 22.9 Å². The van der Waals surface area contributed by atoms with Crippen LogP contribution in [0.3, 0.4) is 0 Å². The van der Waals surface area contributed by atoms with E-state index in [0.717, 1.165) is 12.1 Å². The van der Waals surface area contributed by atoms with Crippen LogP contribution in [0.15, 0.2) is 36.4 Å². The van der Waals surface area contributed by atoms with Crippen LogP contribution in [0.4, 0.5) is 24.5 Å². The van der Waals surface area contributed by atoms with Gasteiger partial charge in [0.1, 0.15) is 0 Å². The summed E-state index contributed by atoms with van der Waals surface area (Å²) in [5.74, 6) is -0.986. The van der Waals surface area contributed by atoms with E-state index in [1.807, 2.05) is 0 Å². The van der Waals surface area contributed by atoms with Gasteiger partial charge < -0.3 is 10.1 Å². The number of nitro benzene ring substituents is 1. The van der Waals surface area contributed by atoms with Crippen LogP contribution in [0.1, 0.15) is 22.8 Å². The van der Waals surface area contributed by atoms with E-state index in [9.17, 15) is 28.1 Å². The Kier molecular flexibility index (Phi) is 5.71. The lowest BCUT2D eigenvalue weighted by Crippen LogP contribution is -2.17. The molecule has 6 nitrogen and oxygen atoms in total. The molecule has 0 aliphatic carbocycles. The normalized spacial score (nSPS) is 11.1. The first-order valence-corrected chi connectivity index (χ1v) is 7.60. The molecular weight excluding hydrogens is 377 g/mol. The van der Waals surface area contributed by atoms with Crippen molar-refractivity contribution in [2.45, 2.75) is 13.1 Å². The lowest BCUT2D eigenvalue weighted by Gasteiger charge is -2.14. The molecule has 0 heterocycles. The largest absolute Gasteiger partial charge is 0.487 e. The topological polar surface area (TPSA) is 81.5 Å². The molecule has 0 atom stereocenters. The Balaban J connectivity index is 2.37. The van der Waals surface area contributed by atoms with Gasteiger partial charge in [0.05, 0.1) is 22.8 Å². The smallest absolute Gasteiger partial charge is 0.418 e. The number of halogens is 4. The number of nitrogens with zero attached hydrogens (tertiary/aromatic N) is 1.